The Bertz CT molecular complexity index is 466. The molecule has 2 N–H and O–H groups in total. The van der Waals surface area contributed by atoms with Crippen molar-refractivity contribution in [1.29, 1.82) is 5.26 Å². The van der Waals surface area contributed by atoms with Gasteiger partial charge in [0.25, 0.3) is 0 Å². The van der Waals surface area contributed by atoms with Crippen molar-refractivity contribution in [3.63, 3.8) is 0 Å². The van der Waals surface area contributed by atoms with Gasteiger partial charge in [-0.2, -0.15) is 5.26 Å². The van der Waals surface area contributed by atoms with E-state index in [9.17, 15) is 9.18 Å². The van der Waals surface area contributed by atoms with Gasteiger partial charge in [0.1, 0.15) is 5.82 Å². The van der Waals surface area contributed by atoms with Gasteiger partial charge in [0.2, 0.25) is 0 Å². The number of benzene rings is 1. The number of carbonyl (C=O) groups is 1. The monoisotopic (exact) mass is 236 g/mol. The summed E-state index contributed by atoms with van der Waals surface area (Å²) < 4.78 is 18.3. The average Bonchev–Trinajstić information content (AvgIpc) is 2.31. The van der Waals surface area contributed by atoms with Crippen molar-refractivity contribution < 1.29 is 13.9 Å². The van der Waals surface area contributed by atoms with Crippen molar-refractivity contribution in [2.75, 3.05) is 6.61 Å². The summed E-state index contributed by atoms with van der Waals surface area (Å²) in [6.07, 6.45) is -0.254. The number of hydrogen-bond donors (Lipinski definition) is 1. The van der Waals surface area contributed by atoms with Crippen LogP contribution in [0.5, 0.6) is 0 Å². The van der Waals surface area contributed by atoms with Crippen LogP contribution < -0.4 is 5.73 Å². The van der Waals surface area contributed by atoms with Crippen LogP contribution in [0.2, 0.25) is 0 Å². The van der Waals surface area contributed by atoms with Crippen LogP contribution in [0, 0.1) is 17.1 Å². The zero-order valence-corrected chi connectivity index (χ0v) is 9.50. The van der Waals surface area contributed by atoms with Crippen molar-refractivity contribution in [3.05, 3.63) is 34.6 Å². The maximum absolute atomic E-state index is 13.6. The zero-order valence-electron chi connectivity index (χ0n) is 9.50. The number of nitrogens with two attached hydrogens (primary N) is 1. The first-order valence-corrected chi connectivity index (χ1v) is 5.20. The van der Waals surface area contributed by atoms with Gasteiger partial charge in [-0.3, -0.25) is 4.79 Å². The van der Waals surface area contributed by atoms with Crippen LogP contribution >= 0.6 is 0 Å². The van der Waals surface area contributed by atoms with Gasteiger partial charge in [-0.15, -0.1) is 0 Å². The average molecular weight is 236 g/mol. The first-order chi connectivity index (χ1) is 8.13. The Balaban J connectivity index is 3.13. The van der Waals surface area contributed by atoms with E-state index >= 15 is 0 Å². The van der Waals surface area contributed by atoms with Gasteiger partial charge in [-0.1, -0.05) is 6.07 Å². The molecule has 4 nitrogen and oxygen atoms in total. The second kappa shape index (κ2) is 5.97. The predicted octanol–water partition coefficient (Wildman–Crippen LogP) is 1.26. The van der Waals surface area contributed by atoms with Crippen LogP contribution in [0.4, 0.5) is 4.39 Å². The molecular formula is C12H13FN2O2. The van der Waals surface area contributed by atoms with Crippen molar-refractivity contribution in [3.8, 4) is 6.07 Å². The van der Waals surface area contributed by atoms with E-state index in [2.05, 4.69) is 0 Å². The van der Waals surface area contributed by atoms with Gasteiger partial charge in [-0.05, 0) is 18.6 Å². The Morgan fingerprint density at radius 1 is 1.59 bits per heavy atom. The van der Waals surface area contributed by atoms with Crippen LogP contribution in [-0.2, 0) is 22.5 Å². The molecule has 1 rings (SSSR count). The Labute approximate surface area is 98.8 Å². The first-order valence-electron chi connectivity index (χ1n) is 5.20. The molecule has 0 saturated heterocycles. The van der Waals surface area contributed by atoms with Gasteiger partial charge in [0.15, 0.2) is 0 Å². The lowest BCUT2D eigenvalue weighted by Gasteiger charge is -2.09. The number of esters is 1. The van der Waals surface area contributed by atoms with Gasteiger partial charge < -0.3 is 10.5 Å². The summed E-state index contributed by atoms with van der Waals surface area (Å²) in [5, 5.41) is 8.97. The van der Waals surface area contributed by atoms with Crippen LogP contribution in [0.15, 0.2) is 12.1 Å². The summed E-state index contributed by atoms with van der Waals surface area (Å²) in [5.41, 5.74) is 6.14. The van der Waals surface area contributed by atoms with Gasteiger partial charge in [0, 0.05) is 12.1 Å². The second-order valence-corrected chi connectivity index (χ2v) is 3.36. The van der Waals surface area contributed by atoms with Crippen LogP contribution in [0.3, 0.4) is 0 Å². The first kappa shape index (κ1) is 13.1. The molecule has 0 aliphatic rings. The summed E-state index contributed by atoms with van der Waals surface area (Å²) >= 11 is 0. The Morgan fingerprint density at radius 3 is 2.82 bits per heavy atom. The quantitative estimate of drug-likeness (QED) is 0.798. The van der Waals surface area contributed by atoms with E-state index < -0.39 is 11.8 Å². The lowest BCUT2D eigenvalue weighted by molar-refractivity contribution is -0.142. The van der Waals surface area contributed by atoms with Gasteiger partial charge in [-0.25, -0.2) is 4.39 Å². The van der Waals surface area contributed by atoms with E-state index in [0.717, 1.165) is 0 Å². The summed E-state index contributed by atoms with van der Waals surface area (Å²) in [5.74, 6) is -1.15. The van der Waals surface area contributed by atoms with E-state index in [1.165, 1.54) is 12.1 Å². The maximum atomic E-state index is 13.6. The van der Waals surface area contributed by atoms with Crippen molar-refractivity contribution in [1.82, 2.24) is 0 Å². The van der Waals surface area contributed by atoms with E-state index in [0.29, 0.717) is 5.56 Å². The Hall–Kier alpha value is -1.93. The molecule has 90 valence electrons. The van der Waals surface area contributed by atoms with Gasteiger partial charge in [0.05, 0.1) is 24.7 Å². The number of carbonyl (C=O) groups excluding carboxylic acids is 1. The SMILES string of the molecule is CCOC(=O)Cc1c(F)ccc(CN)c1C#N. The summed E-state index contributed by atoms with van der Waals surface area (Å²) in [6.45, 7) is 2.01. The van der Waals surface area contributed by atoms with E-state index in [-0.39, 0.29) is 30.7 Å². The van der Waals surface area contributed by atoms with Crippen molar-refractivity contribution in [2.45, 2.75) is 19.9 Å². The van der Waals surface area contributed by atoms with Gasteiger partial charge >= 0.3 is 5.97 Å². The molecule has 5 heteroatoms. The third-order valence-electron chi connectivity index (χ3n) is 2.30. The molecule has 0 heterocycles. The molecule has 0 radical (unpaired) electrons. The molecule has 0 fully saturated rings. The molecule has 0 bridgehead atoms. The number of ether oxygens (including phenoxy) is 1. The highest BCUT2D eigenvalue weighted by Gasteiger charge is 2.16. The third-order valence-corrected chi connectivity index (χ3v) is 2.30. The number of nitriles is 1. The topological polar surface area (TPSA) is 76.1 Å². The highest BCUT2D eigenvalue weighted by molar-refractivity contribution is 5.74. The molecule has 1 aromatic rings. The number of rotatable bonds is 4. The maximum Gasteiger partial charge on any atom is 0.310 e. The molecule has 0 aliphatic carbocycles. The Morgan fingerprint density at radius 2 is 2.29 bits per heavy atom. The van der Waals surface area contributed by atoms with E-state index in [1.54, 1.807) is 6.92 Å². The normalized spacial score (nSPS) is 9.76. The molecular weight excluding hydrogens is 223 g/mol. The summed E-state index contributed by atoms with van der Waals surface area (Å²) in [4.78, 5) is 11.3. The largest absolute Gasteiger partial charge is 0.466 e. The smallest absolute Gasteiger partial charge is 0.310 e. The minimum absolute atomic E-state index is 0.0499. The fourth-order valence-corrected chi connectivity index (χ4v) is 1.51. The number of nitrogens with zero attached hydrogens (tertiary/aromatic N) is 1. The lowest BCUT2D eigenvalue weighted by atomic mass is 9.99. The molecule has 0 atom stereocenters. The minimum Gasteiger partial charge on any atom is -0.466 e. The second-order valence-electron chi connectivity index (χ2n) is 3.36. The Kier molecular flexibility index (Phi) is 4.61. The van der Waals surface area contributed by atoms with E-state index in [4.69, 9.17) is 15.7 Å². The highest BCUT2D eigenvalue weighted by atomic mass is 19.1. The number of hydrogen-bond acceptors (Lipinski definition) is 4. The van der Waals surface area contributed by atoms with E-state index in [1.807, 2.05) is 6.07 Å². The van der Waals surface area contributed by atoms with Crippen LogP contribution in [-0.4, -0.2) is 12.6 Å². The highest BCUT2D eigenvalue weighted by Crippen LogP contribution is 2.18. The molecule has 0 aromatic heterocycles. The molecule has 0 amide bonds. The minimum atomic E-state index is -0.591. The van der Waals surface area contributed by atoms with Crippen LogP contribution in [0.1, 0.15) is 23.6 Å². The predicted molar refractivity (Wildman–Crippen MR) is 59.3 cm³/mol. The van der Waals surface area contributed by atoms with Crippen molar-refractivity contribution >= 4 is 5.97 Å². The zero-order chi connectivity index (χ0) is 12.8. The van der Waals surface area contributed by atoms with Crippen LogP contribution in [0.25, 0.3) is 0 Å². The fraction of sp³-hybridized carbons (Fsp3) is 0.333. The molecule has 0 unspecified atom stereocenters. The van der Waals surface area contributed by atoms with Crippen molar-refractivity contribution in [2.24, 2.45) is 5.73 Å². The molecule has 1 aromatic carbocycles. The molecule has 0 saturated carbocycles. The third kappa shape index (κ3) is 3.02. The number of halogens is 1. The summed E-state index contributed by atoms with van der Waals surface area (Å²) in [6, 6.07) is 4.53. The standard InChI is InChI=1S/C12H13FN2O2/c1-2-17-12(16)5-9-10(7-15)8(6-14)3-4-11(9)13/h3-4H,2,5-6,14H2,1H3. The molecule has 17 heavy (non-hydrogen) atoms. The molecule has 0 spiro atoms. The summed E-state index contributed by atoms with van der Waals surface area (Å²) in [7, 11) is 0. The lowest BCUT2D eigenvalue weighted by Crippen LogP contribution is -2.12. The molecule has 0 aliphatic heterocycles. The fourth-order valence-electron chi connectivity index (χ4n) is 1.51.